The van der Waals surface area contributed by atoms with Crippen molar-refractivity contribution in [3.05, 3.63) is 52.9 Å². The lowest BCUT2D eigenvalue weighted by atomic mass is 9.49. The molecule has 2 aromatic rings. The lowest BCUT2D eigenvalue weighted by Crippen LogP contribution is -2.36. The van der Waals surface area contributed by atoms with Crippen LogP contribution in [0.5, 0.6) is 0 Å². The van der Waals surface area contributed by atoms with Gasteiger partial charge in [0.15, 0.2) is 5.69 Å². The first-order chi connectivity index (χ1) is 13.8. The molecule has 1 N–H and O–H groups in total. The van der Waals surface area contributed by atoms with E-state index in [1.165, 1.54) is 6.20 Å². The standard InChI is InChI=1S/C18H20B3N5O4/c1-5-6-12(24-16(27)30-17(2,3)4)11-7-8-22-13(9-11)15-14(26(28)29)10-23-25(15)18(19,20)21/h5,7-10,12H,1,6H2,2-4H3,(H,24,27)/t12-/m0/s1. The van der Waals surface area contributed by atoms with E-state index in [-0.39, 0.29) is 17.1 Å². The Balaban J connectivity index is 2.48. The van der Waals surface area contributed by atoms with Crippen molar-refractivity contribution in [2.45, 2.75) is 44.1 Å². The minimum Gasteiger partial charge on any atom is -0.444 e. The van der Waals surface area contributed by atoms with Crippen LogP contribution in [0.1, 0.15) is 38.8 Å². The average Bonchev–Trinajstić information content (AvgIpc) is 3.05. The topological polar surface area (TPSA) is 112 Å². The van der Waals surface area contributed by atoms with E-state index in [2.05, 4.69) is 22.0 Å². The zero-order chi connectivity index (χ0) is 22.7. The first-order valence-corrected chi connectivity index (χ1v) is 8.99. The Bertz CT molecular complexity index is 950. The third-order valence-electron chi connectivity index (χ3n) is 3.84. The van der Waals surface area contributed by atoms with Crippen LogP contribution in [0, 0.1) is 10.1 Å². The summed E-state index contributed by atoms with van der Waals surface area (Å²) in [5.41, 5.74) is -0.354. The number of carbonyl (C=O) groups is 1. The monoisotopic (exact) mass is 403 g/mol. The van der Waals surface area contributed by atoms with Gasteiger partial charge in [-0.15, -0.1) is 6.58 Å². The minimum atomic E-state index is -1.99. The lowest BCUT2D eigenvalue weighted by Gasteiger charge is -2.24. The Morgan fingerprint density at radius 3 is 2.63 bits per heavy atom. The van der Waals surface area contributed by atoms with E-state index in [0.717, 1.165) is 10.9 Å². The van der Waals surface area contributed by atoms with Gasteiger partial charge < -0.3 is 10.1 Å². The van der Waals surface area contributed by atoms with Crippen LogP contribution in [0.4, 0.5) is 10.5 Å². The molecule has 0 saturated carbocycles. The number of hydrogen-bond acceptors (Lipinski definition) is 6. The highest BCUT2D eigenvalue weighted by Gasteiger charge is 2.29. The van der Waals surface area contributed by atoms with Gasteiger partial charge in [0.1, 0.15) is 11.8 Å². The number of nitro groups is 1. The van der Waals surface area contributed by atoms with Gasteiger partial charge in [0.05, 0.1) is 40.2 Å². The summed E-state index contributed by atoms with van der Waals surface area (Å²) in [5, 5.41) is 16.1. The summed E-state index contributed by atoms with van der Waals surface area (Å²) < 4.78 is 6.22. The number of pyridine rings is 1. The summed E-state index contributed by atoms with van der Waals surface area (Å²) in [7, 11) is 17.1. The second-order valence-electron chi connectivity index (χ2n) is 7.63. The second-order valence-corrected chi connectivity index (χ2v) is 7.63. The third-order valence-corrected chi connectivity index (χ3v) is 3.84. The number of nitrogens with one attached hydrogen (secondary N) is 1. The van der Waals surface area contributed by atoms with Crippen LogP contribution >= 0.6 is 0 Å². The van der Waals surface area contributed by atoms with Gasteiger partial charge in [-0.3, -0.25) is 19.8 Å². The number of carbonyl (C=O) groups excluding carboxylic acids is 1. The summed E-state index contributed by atoms with van der Waals surface area (Å²) in [4.78, 5) is 27.2. The van der Waals surface area contributed by atoms with Gasteiger partial charge in [0, 0.05) is 6.20 Å². The van der Waals surface area contributed by atoms with Gasteiger partial charge >= 0.3 is 11.8 Å². The normalized spacial score (nSPS) is 12.8. The predicted molar refractivity (Wildman–Crippen MR) is 114 cm³/mol. The average molecular weight is 403 g/mol. The molecule has 6 radical (unpaired) electrons. The molecule has 1 atom stereocenters. The van der Waals surface area contributed by atoms with Crippen LogP contribution in [0.25, 0.3) is 11.4 Å². The maximum atomic E-state index is 12.2. The molecular formula is C18H20B3N5O4. The maximum Gasteiger partial charge on any atom is 0.408 e. The Morgan fingerprint density at radius 1 is 1.43 bits per heavy atom. The molecule has 2 aromatic heterocycles. The number of ether oxygens (including phenoxy) is 1. The van der Waals surface area contributed by atoms with Crippen molar-refractivity contribution >= 4 is 35.3 Å². The van der Waals surface area contributed by atoms with E-state index in [0.29, 0.717) is 12.0 Å². The van der Waals surface area contributed by atoms with Crippen LogP contribution in [-0.4, -0.2) is 54.9 Å². The summed E-state index contributed by atoms with van der Waals surface area (Å²) in [6.45, 7) is 8.95. The molecule has 0 unspecified atom stereocenters. The Kier molecular flexibility index (Phi) is 6.79. The fraction of sp³-hybridized carbons (Fsp3) is 0.389. The van der Waals surface area contributed by atoms with Crippen molar-refractivity contribution in [3.63, 3.8) is 0 Å². The number of nitrogens with zero attached hydrogens (tertiary/aromatic N) is 4. The van der Waals surface area contributed by atoms with Crippen LogP contribution < -0.4 is 5.32 Å². The van der Waals surface area contributed by atoms with Crippen molar-refractivity contribution in [3.8, 4) is 11.4 Å². The number of alkyl carbamates (subject to hydrolysis) is 1. The zero-order valence-corrected chi connectivity index (χ0v) is 17.0. The molecule has 12 heteroatoms. The van der Waals surface area contributed by atoms with Gasteiger partial charge in [0.2, 0.25) is 0 Å². The molecule has 9 nitrogen and oxygen atoms in total. The van der Waals surface area contributed by atoms with Crippen LogP contribution in [-0.2, 0) is 9.97 Å². The minimum absolute atomic E-state index is 0.0658. The number of hydrogen-bond donors (Lipinski definition) is 1. The Morgan fingerprint density at radius 2 is 2.10 bits per heavy atom. The van der Waals surface area contributed by atoms with Gasteiger partial charge in [-0.1, -0.05) is 6.08 Å². The summed E-state index contributed by atoms with van der Waals surface area (Å²) in [6, 6.07) is 2.69. The van der Waals surface area contributed by atoms with E-state index >= 15 is 0 Å². The van der Waals surface area contributed by atoms with E-state index in [4.69, 9.17) is 28.3 Å². The van der Waals surface area contributed by atoms with Crippen molar-refractivity contribution in [2.24, 2.45) is 0 Å². The molecule has 2 heterocycles. The van der Waals surface area contributed by atoms with Gasteiger partial charge in [-0.25, -0.2) is 4.79 Å². The molecule has 0 aliphatic rings. The second kappa shape index (κ2) is 8.77. The molecular weight excluding hydrogens is 383 g/mol. The Hall–Kier alpha value is -3.04. The molecule has 150 valence electrons. The van der Waals surface area contributed by atoms with Crippen molar-refractivity contribution in [1.82, 2.24) is 20.1 Å². The largest absolute Gasteiger partial charge is 0.444 e. The van der Waals surface area contributed by atoms with Crippen LogP contribution in [0.3, 0.4) is 0 Å². The first kappa shape index (κ1) is 23.2. The Labute approximate surface area is 178 Å². The fourth-order valence-electron chi connectivity index (χ4n) is 2.69. The van der Waals surface area contributed by atoms with Crippen molar-refractivity contribution in [2.75, 3.05) is 0 Å². The summed E-state index contributed by atoms with van der Waals surface area (Å²) in [6.07, 6.45) is 3.81. The van der Waals surface area contributed by atoms with E-state index in [1.807, 2.05) is 0 Å². The highest BCUT2D eigenvalue weighted by molar-refractivity contribution is 6.56. The van der Waals surface area contributed by atoms with Crippen molar-refractivity contribution in [1.29, 1.82) is 0 Å². The van der Waals surface area contributed by atoms with Crippen LogP contribution in [0.2, 0.25) is 0 Å². The molecule has 0 aliphatic heterocycles. The fourth-order valence-corrected chi connectivity index (χ4v) is 2.69. The van der Waals surface area contributed by atoms with Gasteiger partial charge in [0.25, 0.3) is 0 Å². The quantitative estimate of drug-likeness (QED) is 0.328. The van der Waals surface area contributed by atoms with E-state index in [1.54, 1.807) is 39.0 Å². The molecule has 0 fully saturated rings. The van der Waals surface area contributed by atoms with Gasteiger partial charge in [-0.05, 0) is 50.1 Å². The molecule has 0 aromatic carbocycles. The molecule has 0 saturated heterocycles. The van der Waals surface area contributed by atoms with Crippen molar-refractivity contribution < 1.29 is 14.5 Å². The van der Waals surface area contributed by atoms with Gasteiger partial charge in [-0.2, -0.15) is 5.10 Å². The number of rotatable bonds is 7. The van der Waals surface area contributed by atoms with Crippen LogP contribution in [0.15, 0.2) is 37.2 Å². The van der Waals surface area contributed by atoms with E-state index < -0.39 is 27.9 Å². The predicted octanol–water partition coefficient (Wildman–Crippen LogP) is 2.07. The maximum absolute atomic E-state index is 12.2. The smallest absolute Gasteiger partial charge is 0.408 e. The van der Waals surface area contributed by atoms with E-state index in [9.17, 15) is 14.9 Å². The lowest BCUT2D eigenvalue weighted by molar-refractivity contribution is -0.384. The molecule has 0 aliphatic carbocycles. The SMILES string of the molecule is [B]C([B])([B])n1ncc([N+](=O)[O-])c1-c1cc([C@H](CC=C)NC(=O)OC(C)(C)C)ccn1. The first-order valence-electron chi connectivity index (χ1n) is 8.99. The molecule has 0 bridgehead atoms. The molecule has 0 spiro atoms. The molecule has 1 amide bonds. The third kappa shape index (κ3) is 5.74. The molecule has 30 heavy (non-hydrogen) atoms. The summed E-state index contributed by atoms with van der Waals surface area (Å²) in [5.74, 6) is 0. The highest BCUT2D eigenvalue weighted by atomic mass is 16.6. The number of aromatic nitrogens is 3. The summed E-state index contributed by atoms with van der Waals surface area (Å²) >= 11 is 0. The highest BCUT2D eigenvalue weighted by Crippen LogP contribution is 2.32. The number of amides is 1. The molecule has 2 rings (SSSR count). The zero-order valence-electron chi connectivity index (χ0n) is 17.0.